The second-order valence-electron chi connectivity index (χ2n) is 6.57. The lowest BCUT2D eigenvalue weighted by Gasteiger charge is -2.31. The largest absolute Gasteiger partial charge is 0.339 e. The smallest absolute Gasteiger partial charge is 0.322 e. The van der Waals surface area contributed by atoms with Crippen molar-refractivity contribution in [2.75, 3.05) is 13.1 Å². The zero-order valence-electron chi connectivity index (χ0n) is 13.0. The van der Waals surface area contributed by atoms with Crippen LogP contribution in [0.3, 0.4) is 0 Å². The molecule has 2 saturated heterocycles. The average molecular weight is 336 g/mol. The van der Waals surface area contributed by atoms with E-state index >= 15 is 0 Å². The van der Waals surface area contributed by atoms with E-state index in [0.29, 0.717) is 18.0 Å². The monoisotopic (exact) mass is 335 g/mol. The van der Waals surface area contributed by atoms with Crippen molar-refractivity contribution in [3.05, 3.63) is 34.9 Å². The maximum absolute atomic E-state index is 13.0. The SMILES string of the molecule is CC(C)(C(=O)N1CC[C@]2(C1)NC(=O)NC2=O)c1ccccc1Cl. The quantitative estimate of drug-likeness (QED) is 0.802. The molecular weight excluding hydrogens is 318 g/mol. The fourth-order valence-corrected chi connectivity index (χ4v) is 3.65. The van der Waals surface area contributed by atoms with E-state index in [0.717, 1.165) is 5.56 Å². The summed E-state index contributed by atoms with van der Waals surface area (Å²) in [4.78, 5) is 38.0. The number of carbonyl (C=O) groups is 3. The van der Waals surface area contributed by atoms with Crippen LogP contribution >= 0.6 is 11.6 Å². The first kappa shape index (κ1) is 15.8. The standard InChI is InChI=1S/C16H18ClN3O3/c1-15(2,10-5-3-4-6-11(10)17)13(22)20-8-7-16(9-20)12(21)18-14(23)19-16/h3-6H,7-9H2,1-2H3,(H2,18,19,21,23)/t16-/m1/s1. The zero-order chi connectivity index (χ0) is 16.8. The van der Waals surface area contributed by atoms with Crippen LogP contribution in [0.1, 0.15) is 25.8 Å². The van der Waals surface area contributed by atoms with Gasteiger partial charge >= 0.3 is 6.03 Å². The molecule has 0 radical (unpaired) electrons. The summed E-state index contributed by atoms with van der Waals surface area (Å²) >= 11 is 6.23. The highest BCUT2D eigenvalue weighted by Gasteiger charge is 2.53. The van der Waals surface area contributed by atoms with Crippen LogP contribution in [0.25, 0.3) is 0 Å². The Morgan fingerprint density at radius 1 is 1.30 bits per heavy atom. The highest BCUT2D eigenvalue weighted by molar-refractivity contribution is 6.31. The number of benzene rings is 1. The molecule has 2 aliphatic rings. The van der Waals surface area contributed by atoms with Crippen molar-refractivity contribution in [1.82, 2.24) is 15.5 Å². The molecule has 1 atom stereocenters. The fraction of sp³-hybridized carbons (Fsp3) is 0.438. The van der Waals surface area contributed by atoms with Gasteiger partial charge in [-0.1, -0.05) is 29.8 Å². The van der Waals surface area contributed by atoms with Crippen LogP contribution in [0.4, 0.5) is 4.79 Å². The first-order valence-corrected chi connectivity index (χ1v) is 7.82. The van der Waals surface area contributed by atoms with Gasteiger partial charge in [0, 0.05) is 11.6 Å². The molecule has 1 spiro atoms. The Morgan fingerprint density at radius 3 is 2.61 bits per heavy atom. The molecule has 2 heterocycles. The Hall–Kier alpha value is -2.08. The topological polar surface area (TPSA) is 78.5 Å². The lowest BCUT2D eigenvalue weighted by molar-refractivity contribution is -0.135. The normalized spacial score (nSPS) is 24.0. The number of nitrogens with zero attached hydrogens (tertiary/aromatic N) is 1. The molecular formula is C16H18ClN3O3. The molecule has 0 bridgehead atoms. The zero-order valence-corrected chi connectivity index (χ0v) is 13.7. The number of hydrogen-bond donors (Lipinski definition) is 2. The van der Waals surface area contributed by atoms with E-state index in [9.17, 15) is 14.4 Å². The number of amides is 4. The molecule has 122 valence electrons. The first-order valence-electron chi connectivity index (χ1n) is 7.44. The van der Waals surface area contributed by atoms with Crippen LogP contribution in [0.5, 0.6) is 0 Å². The maximum Gasteiger partial charge on any atom is 0.322 e. The van der Waals surface area contributed by atoms with E-state index in [4.69, 9.17) is 11.6 Å². The van der Waals surface area contributed by atoms with Crippen LogP contribution < -0.4 is 10.6 Å². The van der Waals surface area contributed by atoms with E-state index < -0.39 is 17.0 Å². The van der Waals surface area contributed by atoms with Gasteiger partial charge in [0.2, 0.25) is 5.91 Å². The molecule has 4 amide bonds. The number of likely N-dealkylation sites (tertiary alicyclic amines) is 1. The van der Waals surface area contributed by atoms with Crippen LogP contribution in [-0.4, -0.2) is 41.4 Å². The lowest BCUT2D eigenvalue weighted by Crippen LogP contribution is -2.51. The molecule has 23 heavy (non-hydrogen) atoms. The third-order valence-electron chi connectivity index (χ3n) is 4.65. The molecule has 0 saturated carbocycles. The highest BCUT2D eigenvalue weighted by atomic mass is 35.5. The van der Waals surface area contributed by atoms with Gasteiger partial charge in [-0.3, -0.25) is 14.9 Å². The third kappa shape index (κ3) is 2.47. The average Bonchev–Trinajstić information content (AvgIpc) is 3.03. The lowest BCUT2D eigenvalue weighted by atomic mass is 9.83. The number of imide groups is 1. The molecule has 1 aromatic rings. The first-order chi connectivity index (χ1) is 10.8. The molecule has 0 aromatic heterocycles. The third-order valence-corrected chi connectivity index (χ3v) is 4.98. The predicted molar refractivity (Wildman–Crippen MR) is 85.1 cm³/mol. The number of halogens is 1. The molecule has 3 rings (SSSR count). The van der Waals surface area contributed by atoms with E-state index in [-0.39, 0.29) is 18.4 Å². The predicted octanol–water partition coefficient (Wildman–Crippen LogP) is 1.43. The second kappa shape index (κ2) is 5.23. The minimum atomic E-state index is -0.997. The van der Waals surface area contributed by atoms with Gasteiger partial charge in [-0.2, -0.15) is 0 Å². The van der Waals surface area contributed by atoms with Gasteiger partial charge in [0.1, 0.15) is 5.54 Å². The molecule has 2 N–H and O–H groups in total. The van der Waals surface area contributed by atoms with Crippen LogP contribution in [0, 0.1) is 0 Å². The van der Waals surface area contributed by atoms with Crippen molar-refractivity contribution in [2.45, 2.75) is 31.2 Å². The number of nitrogens with one attached hydrogen (secondary N) is 2. The van der Waals surface area contributed by atoms with Crippen LogP contribution in [-0.2, 0) is 15.0 Å². The van der Waals surface area contributed by atoms with Crippen molar-refractivity contribution in [3.63, 3.8) is 0 Å². The van der Waals surface area contributed by atoms with Gasteiger partial charge in [0.25, 0.3) is 5.91 Å². The Kier molecular flexibility index (Phi) is 3.59. The van der Waals surface area contributed by atoms with Crippen molar-refractivity contribution in [1.29, 1.82) is 0 Å². The molecule has 0 aliphatic carbocycles. The van der Waals surface area contributed by atoms with Crippen molar-refractivity contribution < 1.29 is 14.4 Å². The summed E-state index contributed by atoms with van der Waals surface area (Å²) < 4.78 is 0. The van der Waals surface area contributed by atoms with Crippen molar-refractivity contribution in [2.24, 2.45) is 0 Å². The molecule has 6 nitrogen and oxygen atoms in total. The van der Waals surface area contributed by atoms with Crippen LogP contribution in [0.2, 0.25) is 5.02 Å². The Morgan fingerprint density at radius 2 is 2.00 bits per heavy atom. The summed E-state index contributed by atoms with van der Waals surface area (Å²) in [6.45, 7) is 4.22. The Bertz CT molecular complexity index is 704. The second-order valence-corrected chi connectivity index (χ2v) is 6.98. The van der Waals surface area contributed by atoms with E-state index in [1.54, 1.807) is 11.0 Å². The summed E-state index contributed by atoms with van der Waals surface area (Å²) in [6.07, 6.45) is 0.412. The molecule has 7 heteroatoms. The summed E-state index contributed by atoms with van der Waals surface area (Å²) in [5, 5.41) is 5.42. The van der Waals surface area contributed by atoms with Gasteiger partial charge in [0.15, 0.2) is 0 Å². The van der Waals surface area contributed by atoms with E-state index in [2.05, 4.69) is 10.6 Å². The number of hydrogen-bond acceptors (Lipinski definition) is 3. The highest BCUT2D eigenvalue weighted by Crippen LogP contribution is 2.34. The van der Waals surface area contributed by atoms with Gasteiger partial charge < -0.3 is 10.2 Å². The minimum absolute atomic E-state index is 0.114. The van der Waals surface area contributed by atoms with Crippen molar-refractivity contribution in [3.8, 4) is 0 Å². The maximum atomic E-state index is 13.0. The van der Waals surface area contributed by atoms with E-state index in [1.165, 1.54) is 0 Å². The molecule has 2 aliphatic heterocycles. The van der Waals surface area contributed by atoms with Crippen LogP contribution in [0.15, 0.2) is 24.3 Å². The van der Waals surface area contributed by atoms with Gasteiger partial charge in [0.05, 0.1) is 12.0 Å². The van der Waals surface area contributed by atoms with Gasteiger partial charge in [-0.05, 0) is 31.9 Å². The molecule has 2 fully saturated rings. The number of urea groups is 1. The summed E-state index contributed by atoms with van der Waals surface area (Å²) in [7, 11) is 0. The fourth-order valence-electron chi connectivity index (χ4n) is 3.28. The van der Waals surface area contributed by atoms with Crippen molar-refractivity contribution >= 4 is 29.4 Å². The van der Waals surface area contributed by atoms with Gasteiger partial charge in [-0.15, -0.1) is 0 Å². The number of carbonyl (C=O) groups excluding carboxylic acids is 3. The Balaban J connectivity index is 1.83. The number of rotatable bonds is 2. The summed E-state index contributed by atoms with van der Waals surface area (Å²) in [5.74, 6) is -0.482. The Labute approximate surface area is 139 Å². The van der Waals surface area contributed by atoms with E-state index in [1.807, 2.05) is 32.0 Å². The molecule has 1 aromatic carbocycles. The van der Waals surface area contributed by atoms with Gasteiger partial charge in [-0.25, -0.2) is 4.79 Å². The summed E-state index contributed by atoms with van der Waals surface area (Å²) in [6, 6.07) is 6.73. The molecule has 0 unspecified atom stereocenters. The minimum Gasteiger partial charge on any atom is -0.339 e. The summed E-state index contributed by atoms with van der Waals surface area (Å²) in [5.41, 5.74) is -1.07.